The number of carbonyl (C=O) groups excluding carboxylic acids is 1. The molecule has 1 saturated heterocycles. The Labute approximate surface area is 113 Å². The maximum Gasteiger partial charge on any atom is 0.410 e. The Balaban J connectivity index is 2.15. The summed E-state index contributed by atoms with van der Waals surface area (Å²) in [6, 6.07) is 1.80. The van der Waals surface area contributed by atoms with Gasteiger partial charge < -0.3 is 10.5 Å². The Kier molecular flexibility index (Phi) is 3.43. The van der Waals surface area contributed by atoms with Crippen molar-refractivity contribution in [3.8, 4) is 0 Å². The molecule has 19 heavy (non-hydrogen) atoms. The molecule has 2 N–H and O–H groups in total. The van der Waals surface area contributed by atoms with E-state index in [9.17, 15) is 4.79 Å². The first-order valence-corrected chi connectivity index (χ1v) is 6.57. The minimum atomic E-state index is -0.479. The van der Waals surface area contributed by atoms with Gasteiger partial charge in [-0.3, -0.25) is 9.58 Å². The number of amides is 1. The molecule has 1 atom stereocenters. The van der Waals surface area contributed by atoms with Crippen molar-refractivity contribution in [2.45, 2.75) is 45.3 Å². The molecule has 1 aliphatic rings. The van der Waals surface area contributed by atoms with E-state index in [2.05, 4.69) is 5.10 Å². The molecule has 6 heteroatoms. The summed E-state index contributed by atoms with van der Waals surface area (Å²) in [6.07, 6.45) is 1.58. The van der Waals surface area contributed by atoms with Crippen molar-refractivity contribution in [1.82, 2.24) is 14.7 Å². The van der Waals surface area contributed by atoms with Crippen LogP contribution in [0.25, 0.3) is 0 Å². The molecule has 1 aromatic rings. The second-order valence-corrected chi connectivity index (χ2v) is 5.95. The monoisotopic (exact) mass is 266 g/mol. The van der Waals surface area contributed by atoms with Crippen molar-refractivity contribution in [2.75, 3.05) is 12.3 Å². The number of aryl methyl sites for hydroxylation is 1. The van der Waals surface area contributed by atoms with Gasteiger partial charge in [-0.1, -0.05) is 0 Å². The largest absolute Gasteiger partial charge is 0.444 e. The molecule has 0 aliphatic carbocycles. The Hall–Kier alpha value is -1.72. The van der Waals surface area contributed by atoms with Crippen LogP contribution >= 0.6 is 0 Å². The molecule has 2 rings (SSSR count). The topological polar surface area (TPSA) is 73.4 Å². The number of nitrogens with two attached hydrogens (primary N) is 1. The van der Waals surface area contributed by atoms with E-state index in [-0.39, 0.29) is 12.1 Å². The predicted molar refractivity (Wildman–Crippen MR) is 72.5 cm³/mol. The van der Waals surface area contributed by atoms with Crippen LogP contribution in [-0.4, -0.2) is 32.9 Å². The number of anilines is 1. The minimum absolute atomic E-state index is 0.0293. The number of ether oxygens (including phenoxy) is 1. The van der Waals surface area contributed by atoms with Gasteiger partial charge in [0.2, 0.25) is 0 Å². The molecule has 0 saturated carbocycles. The van der Waals surface area contributed by atoms with E-state index in [0.29, 0.717) is 12.4 Å². The van der Waals surface area contributed by atoms with E-state index in [1.807, 2.05) is 26.8 Å². The molecule has 6 nitrogen and oxygen atoms in total. The van der Waals surface area contributed by atoms with Gasteiger partial charge in [0.25, 0.3) is 0 Å². The molecule has 106 valence electrons. The van der Waals surface area contributed by atoms with E-state index in [1.54, 1.807) is 16.6 Å². The van der Waals surface area contributed by atoms with Crippen LogP contribution in [0.2, 0.25) is 0 Å². The summed E-state index contributed by atoms with van der Waals surface area (Å²) in [7, 11) is 1.80. The van der Waals surface area contributed by atoms with Gasteiger partial charge in [0.1, 0.15) is 11.4 Å². The lowest BCUT2D eigenvalue weighted by Crippen LogP contribution is -2.36. The molecule has 0 radical (unpaired) electrons. The van der Waals surface area contributed by atoms with Crippen molar-refractivity contribution in [2.24, 2.45) is 7.05 Å². The third-order valence-electron chi connectivity index (χ3n) is 3.16. The summed E-state index contributed by atoms with van der Waals surface area (Å²) in [6.45, 7) is 6.31. The lowest BCUT2D eigenvalue weighted by atomic mass is 10.1. The van der Waals surface area contributed by atoms with Crippen molar-refractivity contribution >= 4 is 11.9 Å². The van der Waals surface area contributed by atoms with Gasteiger partial charge in [-0.05, 0) is 33.6 Å². The summed E-state index contributed by atoms with van der Waals surface area (Å²) in [4.78, 5) is 13.9. The van der Waals surface area contributed by atoms with Crippen molar-refractivity contribution < 1.29 is 9.53 Å². The SMILES string of the molecule is Cn1nc([C@@H]2CCCN2C(=O)OC(C)(C)C)cc1N. The Bertz CT molecular complexity index is 456. The zero-order valence-corrected chi connectivity index (χ0v) is 12.0. The van der Waals surface area contributed by atoms with Crippen LogP contribution in [0, 0.1) is 0 Å². The molecular formula is C13H22N4O2. The maximum absolute atomic E-state index is 12.2. The van der Waals surface area contributed by atoms with E-state index in [1.165, 1.54) is 0 Å². The van der Waals surface area contributed by atoms with Gasteiger partial charge in [0, 0.05) is 19.7 Å². The molecule has 1 fully saturated rings. The van der Waals surface area contributed by atoms with E-state index in [0.717, 1.165) is 18.5 Å². The van der Waals surface area contributed by atoms with Crippen LogP contribution in [-0.2, 0) is 11.8 Å². The maximum atomic E-state index is 12.2. The molecule has 1 amide bonds. The highest BCUT2D eigenvalue weighted by molar-refractivity contribution is 5.69. The Morgan fingerprint density at radius 3 is 2.74 bits per heavy atom. The highest BCUT2D eigenvalue weighted by atomic mass is 16.6. The Morgan fingerprint density at radius 2 is 2.21 bits per heavy atom. The van der Waals surface area contributed by atoms with Crippen LogP contribution in [0.3, 0.4) is 0 Å². The molecule has 0 aromatic carbocycles. The van der Waals surface area contributed by atoms with Gasteiger partial charge in [0.15, 0.2) is 0 Å². The smallest absolute Gasteiger partial charge is 0.410 e. The highest BCUT2D eigenvalue weighted by Gasteiger charge is 2.34. The zero-order valence-electron chi connectivity index (χ0n) is 12.0. The summed E-state index contributed by atoms with van der Waals surface area (Å²) in [5, 5.41) is 4.36. The standard InChI is InChI=1S/C13H22N4O2/c1-13(2,3)19-12(18)17-7-5-6-10(17)9-8-11(14)16(4)15-9/h8,10H,5-7,14H2,1-4H3/t10-/m0/s1. The number of likely N-dealkylation sites (tertiary alicyclic amines) is 1. The summed E-state index contributed by atoms with van der Waals surface area (Å²) >= 11 is 0. The van der Waals surface area contributed by atoms with Crippen LogP contribution < -0.4 is 5.73 Å². The summed E-state index contributed by atoms with van der Waals surface area (Å²) in [5.41, 5.74) is 6.15. The second-order valence-electron chi connectivity index (χ2n) is 5.95. The number of hydrogen-bond acceptors (Lipinski definition) is 4. The zero-order chi connectivity index (χ0) is 14.2. The van der Waals surface area contributed by atoms with Gasteiger partial charge in [-0.2, -0.15) is 5.10 Å². The van der Waals surface area contributed by atoms with Gasteiger partial charge in [-0.15, -0.1) is 0 Å². The fourth-order valence-electron chi connectivity index (χ4n) is 2.28. The lowest BCUT2D eigenvalue weighted by molar-refractivity contribution is 0.0221. The average molecular weight is 266 g/mol. The normalized spacial score (nSPS) is 19.8. The first-order chi connectivity index (χ1) is 8.78. The number of carbonyl (C=O) groups is 1. The van der Waals surface area contributed by atoms with E-state index in [4.69, 9.17) is 10.5 Å². The van der Waals surface area contributed by atoms with Crippen LogP contribution in [0.5, 0.6) is 0 Å². The quantitative estimate of drug-likeness (QED) is 0.844. The third kappa shape index (κ3) is 3.00. The van der Waals surface area contributed by atoms with Crippen molar-refractivity contribution in [1.29, 1.82) is 0 Å². The molecule has 2 heterocycles. The van der Waals surface area contributed by atoms with Crippen LogP contribution in [0.1, 0.15) is 45.3 Å². The van der Waals surface area contributed by atoms with Crippen molar-refractivity contribution in [3.05, 3.63) is 11.8 Å². The summed E-state index contributed by atoms with van der Waals surface area (Å²) in [5.74, 6) is 0.603. The van der Waals surface area contributed by atoms with Gasteiger partial charge in [0.05, 0.1) is 11.7 Å². The average Bonchev–Trinajstić information content (AvgIpc) is 2.83. The highest BCUT2D eigenvalue weighted by Crippen LogP contribution is 2.32. The number of hydrogen-bond donors (Lipinski definition) is 1. The van der Waals surface area contributed by atoms with E-state index < -0.39 is 5.60 Å². The first kappa shape index (κ1) is 13.7. The van der Waals surface area contributed by atoms with Crippen LogP contribution in [0.4, 0.5) is 10.6 Å². The van der Waals surface area contributed by atoms with E-state index >= 15 is 0 Å². The lowest BCUT2D eigenvalue weighted by Gasteiger charge is -2.27. The van der Waals surface area contributed by atoms with Gasteiger partial charge in [-0.25, -0.2) is 4.79 Å². The number of aromatic nitrogens is 2. The van der Waals surface area contributed by atoms with Gasteiger partial charge >= 0.3 is 6.09 Å². The second kappa shape index (κ2) is 4.75. The number of nitrogens with zero attached hydrogens (tertiary/aromatic N) is 3. The Morgan fingerprint density at radius 1 is 1.53 bits per heavy atom. The molecule has 1 aliphatic heterocycles. The molecule has 0 unspecified atom stereocenters. The van der Waals surface area contributed by atoms with Crippen LogP contribution in [0.15, 0.2) is 6.07 Å². The fraction of sp³-hybridized carbons (Fsp3) is 0.692. The fourth-order valence-corrected chi connectivity index (χ4v) is 2.28. The number of rotatable bonds is 1. The number of nitrogen functional groups attached to an aromatic ring is 1. The molecular weight excluding hydrogens is 244 g/mol. The third-order valence-corrected chi connectivity index (χ3v) is 3.16. The summed E-state index contributed by atoms with van der Waals surface area (Å²) < 4.78 is 7.06. The predicted octanol–water partition coefficient (Wildman–Crippen LogP) is 2.07. The minimum Gasteiger partial charge on any atom is -0.444 e. The van der Waals surface area contributed by atoms with Crippen molar-refractivity contribution in [3.63, 3.8) is 0 Å². The molecule has 0 spiro atoms. The molecule has 0 bridgehead atoms. The first-order valence-electron chi connectivity index (χ1n) is 6.57. The molecule has 1 aromatic heterocycles.